The van der Waals surface area contributed by atoms with E-state index in [2.05, 4.69) is 0 Å². The highest BCUT2D eigenvalue weighted by Crippen LogP contribution is 2.48. The van der Waals surface area contributed by atoms with Crippen LogP contribution in [0.3, 0.4) is 0 Å². The Bertz CT molecular complexity index is 1580. The highest BCUT2D eigenvalue weighted by molar-refractivity contribution is 6.23. The number of amides is 2. The van der Waals surface area contributed by atoms with E-state index in [0.29, 0.717) is 16.9 Å². The van der Waals surface area contributed by atoms with Crippen LogP contribution in [0.25, 0.3) is 0 Å². The summed E-state index contributed by atoms with van der Waals surface area (Å²) in [5.41, 5.74) is 1.93. The fraction of sp³-hybridized carbons (Fsp3) is 0.129. The summed E-state index contributed by atoms with van der Waals surface area (Å²) in [6, 6.07) is 27.1. The molecule has 0 unspecified atom stereocenters. The lowest BCUT2D eigenvalue weighted by molar-refractivity contribution is -0.126. The topological polar surface area (TPSA) is 85.4 Å². The number of imide groups is 1. The van der Waals surface area contributed by atoms with Crippen molar-refractivity contribution in [3.05, 3.63) is 120 Å². The van der Waals surface area contributed by atoms with E-state index in [9.17, 15) is 18.8 Å². The molecule has 0 radical (unpaired) electrons. The second-order valence-electron chi connectivity index (χ2n) is 9.31. The van der Waals surface area contributed by atoms with Gasteiger partial charge in [0.2, 0.25) is 5.91 Å². The molecule has 0 bridgehead atoms. The predicted octanol–water partition coefficient (Wildman–Crippen LogP) is 5.10. The molecule has 0 aromatic heterocycles. The molecule has 200 valence electrons. The third kappa shape index (κ3) is 4.36. The van der Waals surface area contributed by atoms with Crippen LogP contribution in [0.2, 0.25) is 0 Å². The Hall–Kier alpha value is -5.02. The van der Waals surface area contributed by atoms with Crippen molar-refractivity contribution in [2.75, 3.05) is 17.1 Å². The third-order valence-corrected chi connectivity index (χ3v) is 6.95. The number of para-hydroxylation sites is 2. The van der Waals surface area contributed by atoms with Gasteiger partial charge in [-0.25, -0.2) is 19.1 Å². The summed E-state index contributed by atoms with van der Waals surface area (Å²) in [4.78, 5) is 47.2. The van der Waals surface area contributed by atoms with Crippen LogP contribution in [0, 0.1) is 11.7 Å². The van der Waals surface area contributed by atoms with Gasteiger partial charge < -0.3 is 9.47 Å². The third-order valence-electron chi connectivity index (χ3n) is 6.95. The first kappa shape index (κ1) is 25.3. The summed E-state index contributed by atoms with van der Waals surface area (Å²) >= 11 is 0. The van der Waals surface area contributed by atoms with Crippen molar-refractivity contribution in [2.24, 2.45) is 5.92 Å². The van der Waals surface area contributed by atoms with Crippen LogP contribution in [0.5, 0.6) is 11.5 Å². The summed E-state index contributed by atoms with van der Waals surface area (Å²) in [5.74, 6) is -2.44. The molecular weight excluding hydrogens is 515 g/mol. The number of rotatable bonds is 6. The van der Waals surface area contributed by atoms with Crippen LogP contribution in [-0.4, -0.2) is 31.0 Å². The molecule has 2 amide bonds. The first-order valence-electron chi connectivity index (χ1n) is 12.6. The molecule has 0 spiro atoms. The Balaban J connectivity index is 1.37. The predicted molar refractivity (Wildman–Crippen MR) is 143 cm³/mol. The lowest BCUT2D eigenvalue weighted by Crippen LogP contribution is -2.37. The molecule has 40 heavy (non-hydrogen) atoms. The van der Waals surface area contributed by atoms with E-state index in [4.69, 9.17) is 14.3 Å². The maximum Gasteiger partial charge on any atom is 0.343 e. The fourth-order valence-electron chi connectivity index (χ4n) is 5.08. The van der Waals surface area contributed by atoms with Crippen molar-refractivity contribution in [3.8, 4) is 11.5 Å². The maximum absolute atomic E-state index is 13.8. The second kappa shape index (κ2) is 10.3. The minimum absolute atomic E-state index is 0.141. The number of carbonyl (C=O) groups is 3. The number of hydrogen-bond donors (Lipinski definition) is 0. The van der Waals surface area contributed by atoms with E-state index in [0.717, 1.165) is 0 Å². The monoisotopic (exact) mass is 538 g/mol. The first-order valence-corrected chi connectivity index (χ1v) is 12.6. The summed E-state index contributed by atoms with van der Waals surface area (Å²) in [7, 11) is 1.43. The number of methoxy groups -OCH3 is 1. The Kier molecular flexibility index (Phi) is 6.49. The van der Waals surface area contributed by atoms with Gasteiger partial charge in [0.15, 0.2) is 17.6 Å². The number of anilines is 2. The molecule has 2 aliphatic heterocycles. The van der Waals surface area contributed by atoms with Gasteiger partial charge in [-0.15, -0.1) is 0 Å². The SMILES string of the molecule is COc1cc([C@@H]2[C@@H]3C(=O)N(c4ccccc4)C(=O)[C@H]3ON2c2ccccc2)ccc1OC(=O)c1ccc(F)cc1. The summed E-state index contributed by atoms with van der Waals surface area (Å²) in [6.45, 7) is 0. The van der Waals surface area contributed by atoms with Crippen LogP contribution in [0.15, 0.2) is 103 Å². The second-order valence-corrected chi connectivity index (χ2v) is 9.31. The van der Waals surface area contributed by atoms with Gasteiger partial charge in [0.05, 0.1) is 30.1 Å². The maximum atomic E-state index is 13.8. The largest absolute Gasteiger partial charge is 0.493 e. The molecule has 0 aliphatic carbocycles. The van der Waals surface area contributed by atoms with E-state index in [1.54, 1.807) is 47.5 Å². The first-order chi connectivity index (χ1) is 19.5. The zero-order valence-corrected chi connectivity index (χ0v) is 21.3. The van der Waals surface area contributed by atoms with Crippen LogP contribution in [-0.2, 0) is 14.4 Å². The van der Waals surface area contributed by atoms with Gasteiger partial charge in [-0.05, 0) is 66.2 Å². The number of carbonyl (C=O) groups excluding carboxylic acids is 3. The lowest BCUT2D eigenvalue weighted by atomic mass is 9.90. The zero-order valence-electron chi connectivity index (χ0n) is 21.3. The van der Waals surface area contributed by atoms with Gasteiger partial charge >= 0.3 is 5.97 Å². The van der Waals surface area contributed by atoms with Gasteiger partial charge in [-0.3, -0.25) is 14.4 Å². The van der Waals surface area contributed by atoms with E-state index in [-0.39, 0.29) is 23.0 Å². The molecule has 2 fully saturated rings. The van der Waals surface area contributed by atoms with Crippen LogP contribution in [0.4, 0.5) is 15.8 Å². The van der Waals surface area contributed by atoms with Gasteiger partial charge in [0.1, 0.15) is 11.7 Å². The number of hydroxylamine groups is 1. The highest BCUT2D eigenvalue weighted by Gasteiger charge is 2.60. The molecule has 0 N–H and O–H groups in total. The Morgan fingerprint density at radius 1 is 0.800 bits per heavy atom. The molecule has 4 aromatic rings. The summed E-state index contributed by atoms with van der Waals surface area (Å²) in [6.07, 6.45) is -1.03. The molecule has 2 heterocycles. The standard InChI is InChI=1S/C31H23FN2O6/c1-38-25-18-20(14-17-24(25)39-31(37)19-12-15-21(32)16-13-19)27-26-28(40-34(27)23-10-6-3-7-11-23)30(36)33(29(26)35)22-8-4-2-5-9-22/h2-18,26-28H,1H3/t26-,27+,28-/m0/s1. The van der Waals surface area contributed by atoms with Gasteiger partial charge in [0, 0.05) is 0 Å². The normalized spacial score (nSPS) is 20.0. The Labute approximate surface area is 229 Å². The zero-order chi connectivity index (χ0) is 27.8. The molecule has 3 atom stereocenters. The quantitative estimate of drug-likeness (QED) is 0.192. The van der Waals surface area contributed by atoms with Crippen molar-refractivity contribution in [1.82, 2.24) is 0 Å². The summed E-state index contributed by atoms with van der Waals surface area (Å²) in [5, 5.41) is 1.58. The van der Waals surface area contributed by atoms with Gasteiger partial charge in [-0.2, -0.15) is 0 Å². The number of benzene rings is 4. The summed E-state index contributed by atoms with van der Waals surface area (Å²) < 4.78 is 24.3. The smallest absolute Gasteiger partial charge is 0.343 e. The van der Waals surface area contributed by atoms with Crippen molar-refractivity contribution in [1.29, 1.82) is 0 Å². The van der Waals surface area contributed by atoms with E-state index in [1.807, 2.05) is 36.4 Å². The van der Waals surface area contributed by atoms with E-state index in [1.165, 1.54) is 36.3 Å². The van der Waals surface area contributed by atoms with E-state index < -0.39 is 35.8 Å². The Morgan fingerprint density at radius 2 is 1.45 bits per heavy atom. The van der Waals surface area contributed by atoms with Crippen molar-refractivity contribution in [2.45, 2.75) is 12.1 Å². The minimum atomic E-state index is -1.03. The van der Waals surface area contributed by atoms with Gasteiger partial charge in [0.25, 0.3) is 5.91 Å². The molecule has 6 rings (SSSR count). The van der Waals surface area contributed by atoms with Crippen LogP contribution >= 0.6 is 0 Å². The number of halogens is 1. The van der Waals surface area contributed by atoms with Crippen molar-refractivity contribution >= 4 is 29.2 Å². The highest BCUT2D eigenvalue weighted by atomic mass is 19.1. The molecular formula is C31H23FN2O6. The number of ether oxygens (including phenoxy) is 2. The molecule has 8 nitrogen and oxygen atoms in total. The molecule has 0 saturated carbocycles. The lowest BCUT2D eigenvalue weighted by Gasteiger charge is -2.29. The molecule has 2 saturated heterocycles. The minimum Gasteiger partial charge on any atom is -0.493 e. The molecule has 2 aliphatic rings. The molecule has 9 heteroatoms. The van der Waals surface area contributed by atoms with Crippen molar-refractivity contribution in [3.63, 3.8) is 0 Å². The number of nitrogens with zero attached hydrogens (tertiary/aromatic N) is 2. The average molecular weight is 539 g/mol. The Morgan fingerprint density at radius 3 is 2.10 bits per heavy atom. The number of hydrogen-bond acceptors (Lipinski definition) is 7. The van der Waals surface area contributed by atoms with Gasteiger partial charge in [-0.1, -0.05) is 42.5 Å². The van der Waals surface area contributed by atoms with Crippen LogP contribution in [0.1, 0.15) is 22.0 Å². The van der Waals surface area contributed by atoms with E-state index >= 15 is 0 Å². The van der Waals surface area contributed by atoms with Crippen LogP contribution < -0.4 is 19.4 Å². The number of fused-ring (bicyclic) bond motifs is 1. The number of esters is 1. The molecule has 4 aromatic carbocycles. The average Bonchev–Trinajstić information content (AvgIpc) is 3.50. The van der Waals surface area contributed by atoms with Crippen molar-refractivity contribution < 1.29 is 33.1 Å². The fourth-order valence-corrected chi connectivity index (χ4v) is 5.08.